The molecular weight excluding hydrogens is 650 g/mol. The Morgan fingerprint density at radius 3 is 2.30 bits per heavy atom. The van der Waals surface area contributed by atoms with E-state index in [9.17, 15) is 53.8 Å². The molecule has 4 rings (SSSR count). The topological polar surface area (TPSA) is 285 Å². The normalized spacial score (nSPS) is 37.8. The second kappa shape index (κ2) is 14.4. The Labute approximate surface area is 270 Å². The Hall–Kier alpha value is -2.69. The lowest BCUT2D eigenvalue weighted by Gasteiger charge is -2.52. The first-order chi connectivity index (χ1) is 22.0. The van der Waals surface area contributed by atoms with E-state index >= 15 is 0 Å². The van der Waals surface area contributed by atoms with Gasteiger partial charge in [-0.25, -0.2) is 13.2 Å². The van der Waals surface area contributed by atoms with Crippen LogP contribution in [0.15, 0.2) is 17.0 Å². The van der Waals surface area contributed by atoms with Crippen LogP contribution in [-0.4, -0.2) is 161 Å². The molecule has 3 heterocycles. The standard InChI is InChI=1S/C28H43N3O15S/c1-4-31(8-6-7-12(31)11-30-24(37)13-9-16(47(41,42)5-2)14(29)10-15(13)43-3)25-22(18(33)19(34)23(44-25)26(38)39)45-28-21(36)17(32)20(35)27(40)46-28/h9-10,12,17-23,25,27-28,32-36,40H,4-8,11H2,1-3H3,(H3-,29,30,37,38,39)/p+1. The number of likely N-dealkylation sites (N-methyl/N-ethyl adjacent to an activating group) is 1. The maximum Gasteiger partial charge on any atom is 0.335 e. The number of anilines is 1. The van der Waals surface area contributed by atoms with E-state index in [1.165, 1.54) is 20.1 Å². The van der Waals surface area contributed by atoms with Crippen LogP contribution in [-0.2, 0) is 28.8 Å². The van der Waals surface area contributed by atoms with E-state index in [2.05, 4.69) is 5.32 Å². The number of aliphatic carboxylic acids is 1. The van der Waals surface area contributed by atoms with E-state index in [1.54, 1.807) is 6.92 Å². The van der Waals surface area contributed by atoms with Crippen LogP contribution < -0.4 is 15.8 Å². The van der Waals surface area contributed by atoms with Gasteiger partial charge in [-0.3, -0.25) is 9.28 Å². The first-order valence-electron chi connectivity index (χ1n) is 15.2. The number of nitrogens with one attached hydrogen (secondary N) is 1. The van der Waals surface area contributed by atoms with Crippen molar-refractivity contribution in [3.8, 4) is 5.75 Å². The summed E-state index contributed by atoms with van der Waals surface area (Å²) in [6.07, 6.45) is -17.3. The molecule has 19 heteroatoms. The highest BCUT2D eigenvalue weighted by Gasteiger charge is 2.60. The number of nitrogens with two attached hydrogens (primary N) is 1. The maximum atomic E-state index is 13.5. The van der Waals surface area contributed by atoms with Gasteiger partial charge in [-0.1, -0.05) is 6.92 Å². The molecule has 12 atom stereocenters. The Bertz CT molecular complexity index is 1420. The molecule has 3 fully saturated rings. The van der Waals surface area contributed by atoms with E-state index < -0.39 is 89.3 Å². The van der Waals surface area contributed by atoms with Crippen molar-refractivity contribution in [1.82, 2.24) is 5.32 Å². The van der Waals surface area contributed by atoms with Crippen LogP contribution in [0.5, 0.6) is 5.75 Å². The monoisotopic (exact) mass is 694 g/mol. The Morgan fingerprint density at radius 2 is 1.70 bits per heavy atom. The molecule has 1 amide bonds. The van der Waals surface area contributed by atoms with Crippen molar-refractivity contribution in [2.75, 3.05) is 38.2 Å². The number of ether oxygens (including phenoxy) is 4. The van der Waals surface area contributed by atoms with Crippen molar-refractivity contribution in [1.29, 1.82) is 0 Å². The van der Waals surface area contributed by atoms with E-state index in [-0.39, 0.29) is 45.2 Å². The zero-order valence-corrected chi connectivity index (χ0v) is 26.9. The number of carbonyl (C=O) groups is 2. The van der Waals surface area contributed by atoms with Crippen LogP contribution in [0.4, 0.5) is 5.69 Å². The molecule has 3 saturated heterocycles. The zero-order chi connectivity index (χ0) is 35.0. The van der Waals surface area contributed by atoms with E-state index in [1.807, 2.05) is 0 Å². The molecule has 12 unspecified atom stereocenters. The number of hydrogen-bond donors (Lipinski definition) is 9. The molecule has 0 radical (unpaired) electrons. The summed E-state index contributed by atoms with van der Waals surface area (Å²) >= 11 is 0. The van der Waals surface area contributed by atoms with Gasteiger partial charge in [-0.2, -0.15) is 0 Å². The molecule has 0 bridgehead atoms. The summed E-state index contributed by atoms with van der Waals surface area (Å²) in [5, 5.41) is 75.0. The van der Waals surface area contributed by atoms with E-state index in [0.717, 1.165) is 6.07 Å². The van der Waals surface area contributed by atoms with Crippen LogP contribution >= 0.6 is 0 Å². The second-order valence-corrected chi connectivity index (χ2v) is 14.1. The molecule has 18 nitrogen and oxygen atoms in total. The number of likely N-dealkylation sites (tertiary alicyclic amines) is 1. The van der Waals surface area contributed by atoms with Crippen LogP contribution in [0.2, 0.25) is 0 Å². The smallest absolute Gasteiger partial charge is 0.335 e. The van der Waals surface area contributed by atoms with Crippen molar-refractivity contribution in [3.05, 3.63) is 17.7 Å². The van der Waals surface area contributed by atoms with Crippen molar-refractivity contribution in [2.24, 2.45) is 0 Å². The SMILES string of the molecule is CC[N+]1(C2OC(C(=O)O)C(O)C(O)C2OC2OC(O)C(O)C(O)C2O)CCCC1CNC(=O)c1cc(S(=O)(=O)CC)c(N)cc1OC. The summed E-state index contributed by atoms with van der Waals surface area (Å²) in [5.74, 6) is -2.49. The third kappa shape index (κ3) is 6.92. The average Bonchev–Trinajstić information content (AvgIpc) is 3.46. The van der Waals surface area contributed by atoms with Crippen molar-refractivity contribution in [2.45, 2.75) is 99.2 Å². The molecule has 266 valence electrons. The summed E-state index contributed by atoms with van der Waals surface area (Å²) in [7, 11) is -2.50. The summed E-state index contributed by atoms with van der Waals surface area (Å²) in [5.41, 5.74) is 5.75. The minimum Gasteiger partial charge on any atom is -0.496 e. The number of aliphatic hydroxyl groups is 6. The summed E-state index contributed by atoms with van der Waals surface area (Å²) in [4.78, 5) is 25.3. The quantitative estimate of drug-likeness (QED) is 0.0801. The Morgan fingerprint density at radius 1 is 1.02 bits per heavy atom. The number of aliphatic hydroxyl groups excluding tert-OH is 6. The van der Waals surface area contributed by atoms with Crippen molar-refractivity contribution in [3.63, 3.8) is 0 Å². The summed E-state index contributed by atoms with van der Waals surface area (Å²) < 4.78 is 47.3. The number of rotatable bonds is 11. The predicted octanol–water partition coefficient (Wildman–Crippen LogP) is -3.53. The van der Waals surface area contributed by atoms with Gasteiger partial charge in [-0.05, 0) is 13.0 Å². The fraction of sp³-hybridized carbons (Fsp3) is 0.714. The predicted molar refractivity (Wildman–Crippen MR) is 158 cm³/mol. The first-order valence-corrected chi connectivity index (χ1v) is 16.8. The van der Waals surface area contributed by atoms with Crippen molar-refractivity contribution < 1.29 is 77.2 Å². The van der Waals surface area contributed by atoms with Gasteiger partial charge in [0, 0.05) is 18.9 Å². The Balaban J connectivity index is 1.65. The molecule has 10 N–H and O–H groups in total. The zero-order valence-electron chi connectivity index (χ0n) is 26.1. The third-order valence-electron chi connectivity index (χ3n) is 9.37. The average molecular weight is 695 g/mol. The van der Waals surface area contributed by atoms with E-state index in [4.69, 9.17) is 24.7 Å². The second-order valence-electron chi connectivity index (χ2n) is 11.9. The number of carbonyl (C=O) groups excluding carboxylic acids is 1. The number of benzene rings is 1. The highest BCUT2D eigenvalue weighted by atomic mass is 32.2. The number of nitrogen functional groups attached to an aromatic ring is 1. The van der Waals surface area contributed by atoms with Crippen LogP contribution in [0.1, 0.15) is 37.0 Å². The number of nitrogens with zero attached hydrogens (tertiary/aromatic N) is 1. The van der Waals surface area contributed by atoms with Gasteiger partial charge in [0.15, 0.2) is 34.6 Å². The molecule has 1 aromatic carbocycles. The van der Waals surface area contributed by atoms with Gasteiger partial charge in [0.2, 0.25) is 6.23 Å². The lowest BCUT2D eigenvalue weighted by molar-refractivity contribution is -0.986. The van der Waals surface area contributed by atoms with Crippen molar-refractivity contribution >= 4 is 27.4 Å². The fourth-order valence-corrected chi connectivity index (χ4v) is 7.67. The molecule has 47 heavy (non-hydrogen) atoms. The minimum atomic E-state index is -3.79. The number of methoxy groups -OCH3 is 1. The van der Waals surface area contributed by atoms with Gasteiger partial charge >= 0.3 is 5.97 Å². The molecule has 0 aliphatic carbocycles. The molecule has 0 saturated carbocycles. The highest BCUT2D eigenvalue weighted by Crippen LogP contribution is 2.39. The lowest BCUT2D eigenvalue weighted by Crippen LogP contribution is -2.74. The molecule has 0 spiro atoms. The third-order valence-corrected chi connectivity index (χ3v) is 11.2. The van der Waals surface area contributed by atoms with Crippen LogP contribution in [0.25, 0.3) is 0 Å². The molecule has 0 aromatic heterocycles. The van der Waals surface area contributed by atoms with E-state index in [0.29, 0.717) is 19.4 Å². The number of amides is 1. The molecule has 3 aliphatic heterocycles. The minimum absolute atomic E-state index is 0.0312. The number of sulfone groups is 1. The molecular formula is C28H44N3O15S+. The molecule has 1 aromatic rings. The van der Waals surface area contributed by atoms with Gasteiger partial charge in [0.1, 0.15) is 42.3 Å². The maximum absolute atomic E-state index is 13.5. The van der Waals surface area contributed by atoms with Crippen LogP contribution in [0.3, 0.4) is 0 Å². The fourth-order valence-electron chi connectivity index (χ4n) is 6.64. The summed E-state index contributed by atoms with van der Waals surface area (Å²) in [6, 6.07) is 1.87. The first kappa shape index (κ1) is 37.1. The molecule has 3 aliphatic rings. The van der Waals surface area contributed by atoms with Gasteiger partial charge in [0.25, 0.3) is 5.91 Å². The highest BCUT2D eigenvalue weighted by molar-refractivity contribution is 7.91. The van der Waals surface area contributed by atoms with Gasteiger partial charge in [0.05, 0.1) is 48.6 Å². The number of quaternary nitrogens is 1. The lowest BCUT2D eigenvalue weighted by atomic mass is 9.94. The van der Waals surface area contributed by atoms with Gasteiger partial charge < -0.3 is 65.7 Å². The largest absolute Gasteiger partial charge is 0.496 e. The van der Waals surface area contributed by atoms with Crippen LogP contribution in [0, 0.1) is 0 Å². The number of carboxylic acid groups (broad SMARTS) is 1. The number of carboxylic acids is 1. The van der Waals surface area contributed by atoms with Gasteiger partial charge in [-0.15, -0.1) is 0 Å². The number of hydrogen-bond acceptors (Lipinski definition) is 15. The Kier molecular flexibility index (Phi) is 11.4. The summed E-state index contributed by atoms with van der Waals surface area (Å²) in [6.45, 7) is 3.71.